The maximum Gasteiger partial charge on any atom is 0.278 e. The molecule has 0 saturated heterocycles. The lowest BCUT2D eigenvalue weighted by molar-refractivity contribution is 0.515. The fourth-order valence-corrected chi connectivity index (χ4v) is 2.05. The molecule has 17 heavy (non-hydrogen) atoms. The molecule has 0 aromatic carbocycles. The number of pyridine rings is 1. The van der Waals surface area contributed by atoms with Gasteiger partial charge in [-0.05, 0) is 18.2 Å². The summed E-state index contributed by atoms with van der Waals surface area (Å²) in [6.45, 7) is 0. The molecule has 0 aliphatic rings. The summed E-state index contributed by atoms with van der Waals surface area (Å²) in [6, 6.07) is 2.97. The SMILES string of the molecule is O=S(=O)(Nc1ccc(F)nc1F)c1ccn[nH]1. The second-order valence-corrected chi connectivity index (χ2v) is 4.65. The molecule has 2 heterocycles. The molecule has 0 unspecified atom stereocenters. The highest BCUT2D eigenvalue weighted by Gasteiger charge is 2.18. The minimum absolute atomic E-state index is 0.235. The van der Waals surface area contributed by atoms with Gasteiger partial charge in [0, 0.05) is 0 Å². The van der Waals surface area contributed by atoms with Crippen LogP contribution in [-0.2, 0) is 10.0 Å². The standard InChI is InChI=1S/C8H6F2N4O2S/c9-6-2-1-5(8(10)12-6)14-17(15,16)7-3-4-11-13-7/h1-4,14H,(H,11,13). The highest BCUT2D eigenvalue weighted by molar-refractivity contribution is 7.92. The summed E-state index contributed by atoms with van der Waals surface area (Å²) in [6.07, 6.45) is 1.23. The van der Waals surface area contributed by atoms with Gasteiger partial charge in [-0.2, -0.15) is 27.3 Å². The van der Waals surface area contributed by atoms with Gasteiger partial charge in [0.15, 0.2) is 5.03 Å². The van der Waals surface area contributed by atoms with Gasteiger partial charge in [0.25, 0.3) is 10.0 Å². The number of sulfonamides is 1. The van der Waals surface area contributed by atoms with Gasteiger partial charge in [-0.1, -0.05) is 0 Å². The van der Waals surface area contributed by atoms with Crippen LogP contribution in [0.5, 0.6) is 0 Å². The van der Waals surface area contributed by atoms with E-state index < -0.39 is 27.6 Å². The highest BCUT2D eigenvalue weighted by atomic mass is 32.2. The van der Waals surface area contributed by atoms with Crippen LogP contribution in [0.4, 0.5) is 14.5 Å². The molecular weight excluding hydrogens is 254 g/mol. The van der Waals surface area contributed by atoms with E-state index in [1.165, 1.54) is 12.3 Å². The predicted octanol–water partition coefficient (Wildman–Crippen LogP) is 0.884. The van der Waals surface area contributed by atoms with Crippen molar-refractivity contribution in [3.05, 3.63) is 36.3 Å². The molecule has 6 nitrogen and oxygen atoms in total. The molecule has 0 aliphatic heterocycles. The van der Waals surface area contributed by atoms with Crippen molar-refractivity contribution in [1.29, 1.82) is 0 Å². The Balaban J connectivity index is 2.33. The second-order valence-electron chi connectivity index (χ2n) is 3.00. The number of nitrogens with one attached hydrogen (secondary N) is 2. The van der Waals surface area contributed by atoms with Crippen LogP contribution in [-0.4, -0.2) is 23.6 Å². The van der Waals surface area contributed by atoms with E-state index in [4.69, 9.17) is 0 Å². The molecule has 90 valence electrons. The highest BCUT2D eigenvalue weighted by Crippen LogP contribution is 2.16. The number of nitrogens with zero attached hydrogens (tertiary/aromatic N) is 2. The Bertz CT molecular complexity index is 627. The maximum atomic E-state index is 13.1. The largest absolute Gasteiger partial charge is 0.278 e. The Kier molecular flexibility index (Phi) is 2.76. The molecule has 0 aliphatic carbocycles. The van der Waals surface area contributed by atoms with Crippen molar-refractivity contribution in [2.75, 3.05) is 4.72 Å². The van der Waals surface area contributed by atoms with Gasteiger partial charge >= 0.3 is 0 Å². The first-order valence-electron chi connectivity index (χ1n) is 4.33. The van der Waals surface area contributed by atoms with Crippen LogP contribution in [0.25, 0.3) is 0 Å². The molecule has 0 radical (unpaired) electrons. The summed E-state index contributed by atoms with van der Waals surface area (Å²) in [5.74, 6) is -2.28. The van der Waals surface area contributed by atoms with Crippen molar-refractivity contribution in [3.8, 4) is 0 Å². The lowest BCUT2D eigenvalue weighted by Crippen LogP contribution is -2.15. The third-order valence-electron chi connectivity index (χ3n) is 1.82. The van der Waals surface area contributed by atoms with Crippen molar-refractivity contribution in [2.45, 2.75) is 5.03 Å². The monoisotopic (exact) mass is 260 g/mol. The number of hydrogen-bond acceptors (Lipinski definition) is 4. The Morgan fingerprint density at radius 3 is 2.59 bits per heavy atom. The van der Waals surface area contributed by atoms with Gasteiger partial charge in [0.05, 0.1) is 6.20 Å². The topological polar surface area (TPSA) is 87.7 Å². The number of hydrogen-bond donors (Lipinski definition) is 2. The Morgan fingerprint density at radius 1 is 1.24 bits per heavy atom. The summed E-state index contributed by atoms with van der Waals surface area (Å²) in [7, 11) is -3.98. The van der Waals surface area contributed by atoms with Crippen LogP contribution in [0, 0.1) is 11.9 Å². The summed E-state index contributed by atoms with van der Waals surface area (Å²) in [5.41, 5.74) is -0.444. The Labute approximate surface area is 94.7 Å². The summed E-state index contributed by atoms with van der Waals surface area (Å²) >= 11 is 0. The summed E-state index contributed by atoms with van der Waals surface area (Å²) in [5, 5.41) is 5.43. The van der Waals surface area contributed by atoms with Gasteiger partial charge in [-0.15, -0.1) is 0 Å². The van der Waals surface area contributed by atoms with E-state index in [0.717, 1.165) is 12.1 Å². The number of halogens is 2. The molecule has 0 spiro atoms. The Morgan fingerprint density at radius 2 is 2.00 bits per heavy atom. The first-order chi connectivity index (χ1) is 7.99. The van der Waals surface area contributed by atoms with Crippen LogP contribution in [0.1, 0.15) is 0 Å². The van der Waals surface area contributed by atoms with E-state index in [0.29, 0.717) is 0 Å². The van der Waals surface area contributed by atoms with Gasteiger partial charge in [-0.25, -0.2) is 0 Å². The molecule has 0 saturated carbocycles. The molecule has 0 fully saturated rings. The number of rotatable bonds is 3. The first-order valence-corrected chi connectivity index (χ1v) is 5.81. The van der Waals surface area contributed by atoms with E-state index in [1.54, 1.807) is 0 Å². The maximum absolute atomic E-state index is 13.1. The first kappa shape index (κ1) is 11.5. The summed E-state index contributed by atoms with van der Waals surface area (Å²) in [4.78, 5) is 2.85. The lowest BCUT2D eigenvalue weighted by Gasteiger charge is -2.06. The number of aromatic amines is 1. The van der Waals surface area contributed by atoms with Crippen LogP contribution in [0.15, 0.2) is 29.4 Å². The van der Waals surface area contributed by atoms with Gasteiger partial charge < -0.3 is 0 Å². The van der Waals surface area contributed by atoms with E-state index >= 15 is 0 Å². The molecule has 2 aromatic rings. The molecular formula is C8H6F2N4O2S. The normalized spacial score (nSPS) is 11.4. The van der Waals surface area contributed by atoms with Crippen molar-refractivity contribution in [3.63, 3.8) is 0 Å². The van der Waals surface area contributed by atoms with Gasteiger partial charge in [-0.3, -0.25) is 9.82 Å². The van der Waals surface area contributed by atoms with Crippen molar-refractivity contribution < 1.29 is 17.2 Å². The van der Waals surface area contributed by atoms with E-state index in [1.807, 2.05) is 4.72 Å². The number of anilines is 1. The molecule has 9 heteroatoms. The molecule has 2 rings (SSSR count). The predicted molar refractivity (Wildman–Crippen MR) is 53.5 cm³/mol. The fraction of sp³-hybridized carbons (Fsp3) is 0. The average molecular weight is 260 g/mol. The summed E-state index contributed by atoms with van der Waals surface area (Å²) < 4.78 is 50.8. The quantitative estimate of drug-likeness (QED) is 0.802. The van der Waals surface area contributed by atoms with E-state index in [9.17, 15) is 17.2 Å². The van der Waals surface area contributed by atoms with Crippen LogP contribution in [0.2, 0.25) is 0 Å². The second kappa shape index (κ2) is 4.09. The van der Waals surface area contributed by atoms with Crippen LogP contribution in [0.3, 0.4) is 0 Å². The van der Waals surface area contributed by atoms with Crippen molar-refractivity contribution in [1.82, 2.24) is 15.2 Å². The zero-order chi connectivity index (χ0) is 12.5. The zero-order valence-corrected chi connectivity index (χ0v) is 9.00. The van der Waals surface area contributed by atoms with Crippen molar-refractivity contribution in [2.24, 2.45) is 0 Å². The van der Waals surface area contributed by atoms with E-state index in [-0.39, 0.29) is 5.03 Å². The minimum atomic E-state index is -3.98. The van der Waals surface area contributed by atoms with Crippen molar-refractivity contribution >= 4 is 15.7 Å². The molecule has 0 atom stereocenters. The van der Waals surface area contributed by atoms with Crippen LogP contribution >= 0.6 is 0 Å². The fourth-order valence-electron chi connectivity index (χ4n) is 1.08. The minimum Gasteiger partial charge on any atom is -0.274 e. The average Bonchev–Trinajstić information content (AvgIpc) is 2.76. The van der Waals surface area contributed by atoms with Gasteiger partial charge in [0.2, 0.25) is 11.9 Å². The molecule has 0 bridgehead atoms. The molecule has 2 N–H and O–H groups in total. The number of H-pyrrole nitrogens is 1. The lowest BCUT2D eigenvalue weighted by atomic mass is 10.4. The molecule has 2 aromatic heterocycles. The zero-order valence-electron chi connectivity index (χ0n) is 8.18. The van der Waals surface area contributed by atoms with Gasteiger partial charge in [0.1, 0.15) is 5.69 Å². The third kappa shape index (κ3) is 2.38. The Hall–Kier alpha value is -2.03. The van der Waals surface area contributed by atoms with Crippen LogP contribution < -0.4 is 4.72 Å². The molecule has 0 amide bonds. The van der Waals surface area contributed by atoms with E-state index in [2.05, 4.69) is 15.2 Å². The number of aromatic nitrogens is 3. The third-order valence-corrected chi connectivity index (χ3v) is 3.12. The smallest absolute Gasteiger partial charge is 0.274 e.